The third-order valence-corrected chi connectivity index (χ3v) is 4.76. The van der Waals surface area contributed by atoms with Crippen LogP contribution in [0.1, 0.15) is 22.5 Å². The van der Waals surface area contributed by atoms with Crippen LogP contribution in [0.5, 0.6) is 0 Å². The Morgan fingerprint density at radius 1 is 1.31 bits per heavy atom. The number of carbonyl (C=O) groups is 2. The molecule has 8 heteroatoms. The molecule has 1 aliphatic rings. The molecule has 1 fully saturated rings. The molecule has 0 unspecified atom stereocenters. The van der Waals surface area contributed by atoms with Crippen molar-refractivity contribution < 1.29 is 14.0 Å². The summed E-state index contributed by atoms with van der Waals surface area (Å²) in [6.07, 6.45) is 1.81. The molecular formula is C18H17ClFN3O3. The standard InChI is InChI=1S/C18H17ClFN3O3/c1-10-7-16(24)12(9-22(10)2)17(25)21-15-5-6-23(18(15)26)11-3-4-13(19)14(20)8-11/h3-4,7-9,15H,5-6H2,1-2H3,(H,21,25)/t15-/m1/s1. The summed E-state index contributed by atoms with van der Waals surface area (Å²) < 4.78 is 15.3. The fourth-order valence-electron chi connectivity index (χ4n) is 2.86. The van der Waals surface area contributed by atoms with Gasteiger partial charge < -0.3 is 14.8 Å². The van der Waals surface area contributed by atoms with Crippen LogP contribution in [0.25, 0.3) is 0 Å². The molecule has 0 spiro atoms. The smallest absolute Gasteiger partial charge is 0.257 e. The van der Waals surface area contributed by atoms with Crippen LogP contribution in [0.2, 0.25) is 5.02 Å². The van der Waals surface area contributed by atoms with Crippen molar-refractivity contribution in [1.82, 2.24) is 9.88 Å². The number of benzene rings is 1. The lowest BCUT2D eigenvalue weighted by molar-refractivity contribution is -0.118. The van der Waals surface area contributed by atoms with Crippen LogP contribution in [-0.4, -0.2) is 29.0 Å². The lowest BCUT2D eigenvalue weighted by Gasteiger charge is -2.17. The lowest BCUT2D eigenvalue weighted by Crippen LogP contribution is -2.43. The van der Waals surface area contributed by atoms with Gasteiger partial charge in [0, 0.05) is 37.2 Å². The quantitative estimate of drug-likeness (QED) is 0.889. The average molecular weight is 378 g/mol. The number of carbonyl (C=O) groups excluding carboxylic acids is 2. The minimum absolute atomic E-state index is 0.0260. The molecule has 0 radical (unpaired) electrons. The normalized spacial score (nSPS) is 16.8. The van der Waals surface area contributed by atoms with E-state index in [1.807, 2.05) is 0 Å². The Balaban J connectivity index is 1.76. The van der Waals surface area contributed by atoms with E-state index in [1.165, 1.54) is 29.3 Å². The van der Waals surface area contributed by atoms with Gasteiger partial charge in [-0.15, -0.1) is 0 Å². The Morgan fingerprint density at radius 2 is 2.04 bits per heavy atom. The molecule has 0 saturated carbocycles. The van der Waals surface area contributed by atoms with Crippen molar-refractivity contribution in [2.75, 3.05) is 11.4 Å². The predicted octanol–water partition coefficient (Wildman–Crippen LogP) is 2.02. The van der Waals surface area contributed by atoms with E-state index in [0.717, 1.165) is 5.69 Å². The number of anilines is 1. The molecule has 1 saturated heterocycles. The first-order chi connectivity index (χ1) is 12.3. The van der Waals surface area contributed by atoms with Crippen molar-refractivity contribution in [3.63, 3.8) is 0 Å². The van der Waals surface area contributed by atoms with Crippen LogP contribution < -0.4 is 15.6 Å². The average Bonchev–Trinajstić information content (AvgIpc) is 2.94. The molecule has 1 aromatic carbocycles. The SMILES string of the molecule is Cc1cc(=O)c(C(=O)N[C@@H]2CCN(c3ccc(Cl)c(F)c3)C2=O)cn1C. The maximum atomic E-state index is 13.6. The van der Waals surface area contributed by atoms with E-state index in [9.17, 15) is 18.8 Å². The van der Waals surface area contributed by atoms with Crippen LogP contribution in [0, 0.1) is 12.7 Å². The summed E-state index contributed by atoms with van der Waals surface area (Å²) in [6, 6.07) is 4.70. The highest BCUT2D eigenvalue weighted by Gasteiger charge is 2.34. The monoisotopic (exact) mass is 377 g/mol. The maximum Gasteiger partial charge on any atom is 0.257 e. The van der Waals surface area contributed by atoms with Crippen molar-refractivity contribution in [3.8, 4) is 0 Å². The topological polar surface area (TPSA) is 71.4 Å². The van der Waals surface area contributed by atoms with Gasteiger partial charge in [0.25, 0.3) is 5.91 Å². The molecule has 0 aliphatic carbocycles. The fraction of sp³-hybridized carbons (Fsp3) is 0.278. The number of nitrogens with zero attached hydrogens (tertiary/aromatic N) is 2. The van der Waals surface area contributed by atoms with Gasteiger partial charge in [0.1, 0.15) is 17.4 Å². The number of hydrogen-bond acceptors (Lipinski definition) is 3. The highest BCUT2D eigenvalue weighted by atomic mass is 35.5. The highest BCUT2D eigenvalue weighted by Crippen LogP contribution is 2.25. The number of nitrogens with one attached hydrogen (secondary N) is 1. The van der Waals surface area contributed by atoms with E-state index in [2.05, 4.69) is 5.32 Å². The molecule has 6 nitrogen and oxygen atoms in total. The number of rotatable bonds is 3. The number of amides is 2. The molecule has 1 aromatic heterocycles. The Hall–Kier alpha value is -2.67. The maximum absolute atomic E-state index is 13.6. The molecule has 1 N–H and O–H groups in total. The molecule has 0 bridgehead atoms. The summed E-state index contributed by atoms with van der Waals surface area (Å²) in [6.45, 7) is 2.09. The minimum atomic E-state index is -0.771. The van der Waals surface area contributed by atoms with Crippen LogP contribution in [0.15, 0.2) is 35.3 Å². The largest absolute Gasteiger partial charge is 0.354 e. The van der Waals surface area contributed by atoms with E-state index in [1.54, 1.807) is 24.6 Å². The summed E-state index contributed by atoms with van der Waals surface area (Å²) in [5.41, 5.74) is 0.668. The molecule has 2 aromatic rings. The molecule has 3 rings (SSSR count). The van der Waals surface area contributed by atoms with Gasteiger partial charge in [0.05, 0.1) is 5.02 Å². The fourth-order valence-corrected chi connectivity index (χ4v) is 2.98. The van der Waals surface area contributed by atoms with Gasteiger partial charge in [-0.3, -0.25) is 14.4 Å². The number of aryl methyl sites for hydroxylation is 2. The number of aromatic nitrogens is 1. The van der Waals surface area contributed by atoms with E-state index in [0.29, 0.717) is 18.7 Å². The molecule has 2 heterocycles. The molecule has 1 aliphatic heterocycles. The van der Waals surface area contributed by atoms with Crippen LogP contribution >= 0.6 is 11.6 Å². The van der Waals surface area contributed by atoms with Gasteiger partial charge in [-0.25, -0.2) is 4.39 Å². The predicted molar refractivity (Wildman–Crippen MR) is 96.1 cm³/mol. The van der Waals surface area contributed by atoms with Crippen LogP contribution in [0.4, 0.5) is 10.1 Å². The molecular weight excluding hydrogens is 361 g/mol. The molecule has 136 valence electrons. The van der Waals surface area contributed by atoms with Gasteiger partial charge in [-0.2, -0.15) is 0 Å². The van der Waals surface area contributed by atoms with E-state index < -0.39 is 23.2 Å². The highest BCUT2D eigenvalue weighted by molar-refractivity contribution is 6.30. The number of halogens is 2. The first kappa shape index (κ1) is 18.1. The van der Waals surface area contributed by atoms with Gasteiger partial charge in [0.15, 0.2) is 5.43 Å². The molecule has 26 heavy (non-hydrogen) atoms. The molecule has 1 atom stereocenters. The van der Waals surface area contributed by atoms with Crippen molar-refractivity contribution in [2.24, 2.45) is 7.05 Å². The Kier molecular flexibility index (Phi) is 4.82. The summed E-state index contributed by atoms with van der Waals surface area (Å²) in [5.74, 6) is -1.58. The van der Waals surface area contributed by atoms with Gasteiger partial charge in [0.2, 0.25) is 5.91 Å². The van der Waals surface area contributed by atoms with Crippen LogP contribution in [0.3, 0.4) is 0 Å². The second kappa shape index (κ2) is 6.92. The first-order valence-corrected chi connectivity index (χ1v) is 8.40. The molecule has 2 amide bonds. The van der Waals surface area contributed by atoms with Crippen molar-refractivity contribution in [1.29, 1.82) is 0 Å². The summed E-state index contributed by atoms with van der Waals surface area (Å²) in [7, 11) is 1.73. The van der Waals surface area contributed by atoms with E-state index in [-0.39, 0.29) is 16.5 Å². The van der Waals surface area contributed by atoms with E-state index in [4.69, 9.17) is 11.6 Å². The second-order valence-electron chi connectivity index (χ2n) is 6.21. The second-order valence-corrected chi connectivity index (χ2v) is 6.61. The van der Waals surface area contributed by atoms with E-state index >= 15 is 0 Å². The van der Waals surface area contributed by atoms with Gasteiger partial charge in [-0.05, 0) is 31.5 Å². The Bertz CT molecular complexity index is 957. The zero-order valence-electron chi connectivity index (χ0n) is 14.3. The Labute approximate surface area is 154 Å². The first-order valence-electron chi connectivity index (χ1n) is 8.02. The minimum Gasteiger partial charge on any atom is -0.354 e. The third-order valence-electron chi connectivity index (χ3n) is 4.45. The van der Waals surface area contributed by atoms with Crippen molar-refractivity contribution in [2.45, 2.75) is 19.4 Å². The van der Waals surface area contributed by atoms with Crippen molar-refractivity contribution >= 4 is 29.1 Å². The number of pyridine rings is 1. The van der Waals surface area contributed by atoms with Crippen molar-refractivity contribution in [3.05, 3.63) is 62.8 Å². The summed E-state index contributed by atoms with van der Waals surface area (Å²) in [5, 5.41) is 2.57. The third kappa shape index (κ3) is 3.35. The summed E-state index contributed by atoms with van der Waals surface area (Å²) >= 11 is 5.66. The van der Waals surface area contributed by atoms with Gasteiger partial charge >= 0.3 is 0 Å². The van der Waals surface area contributed by atoms with Crippen LogP contribution in [-0.2, 0) is 11.8 Å². The summed E-state index contributed by atoms with van der Waals surface area (Å²) in [4.78, 5) is 38.4. The zero-order valence-corrected chi connectivity index (χ0v) is 15.0. The number of hydrogen-bond donors (Lipinski definition) is 1. The van der Waals surface area contributed by atoms with Gasteiger partial charge in [-0.1, -0.05) is 11.6 Å². The Morgan fingerprint density at radius 3 is 2.73 bits per heavy atom. The lowest BCUT2D eigenvalue weighted by atomic mass is 10.2. The zero-order chi connectivity index (χ0) is 19.0.